The molecule has 0 heterocycles. The molecule has 0 amide bonds. The molecular formula is C17H29NO. The van der Waals surface area contributed by atoms with Gasteiger partial charge >= 0.3 is 0 Å². The van der Waals surface area contributed by atoms with Crippen LogP contribution < -0.4 is 10.1 Å². The molecule has 0 aliphatic rings. The van der Waals surface area contributed by atoms with E-state index >= 15 is 0 Å². The van der Waals surface area contributed by atoms with E-state index in [2.05, 4.69) is 51.2 Å². The molecule has 1 rings (SSSR count). The Balaban J connectivity index is 2.83. The molecule has 19 heavy (non-hydrogen) atoms. The fourth-order valence-electron chi connectivity index (χ4n) is 2.72. The summed E-state index contributed by atoms with van der Waals surface area (Å²) < 4.78 is 5.34. The van der Waals surface area contributed by atoms with Crippen LogP contribution in [0.25, 0.3) is 0 Å². The molecule has 0 saturated heterocycles. The van der Waals surface area contributed by atoms with E-state index in [-0.39, 0.29) is 0 Å². The third-order valence-electron chi connectivity index (χ3n) is 3.69. The van der Waals surface area contributed by atoms with Gasteiger partial charge in [0, 0.05) is 6.04 Å². The van der Waals surface area contributed by atoms with Gasteiger partial charge in [-0.1, -0.05) is 45.7 Å². The van der Waals surface area contributed by atoms with E-state index in [0.29, 0.717) is 6.04 Å². The largest absolute Gasteiger partial charge is 0.496 e. The molecule has 0 fully saturated rings. The van der Waals surface area contributed by atoms with Gasteiger partial charge < -0.3 is 10.1 Å². The Morgan fingerprint density at radius 3 is 2.53 bits per heavy atom. The van der Waals surface area contributed by atoms with E-state index < -0.39 is 0 Å². The van der Waals surface area contributed by atoms with Crippen molar-refractivity contribution in [1.29, 1.82) is 0 Å². The summed E-state index contributed by atoms with van der Waals surface area (Å²) in [6.45, 7) is 9.91. The van der Waals surface area contributed by atoms with E-state index in [9.17, 15) is 0 Å². The van der Waals surface area contributed by atoms with Crippen molar-refractivity contribution < 1.29 is 4.74 Å². The highest BCUT2D eigenvalue weighted by Crippen LogP contribution is 2.27. The van der Waals surface area contributed by atoms with Gasteiger partial charge in [-0.15, -0.1) is 0 Å². The van der Waals surface area contributed by atoms with E-state index in [1.807, 2.05) is 0 Å². The fraction of sp³-hybridized carbons (Fsp3) is 0.647. The second kappa shape index (κ2) is 8.21. The molecule has 0 aromatic heterocycles. The van der Waals surface area contributed by atoms with Crippen LogP contribution in [0.1, 0.15) is 57.2 Å². The SMILES string of the molecule is CCCC(C)CC(NCC)c1ccc(OC)c(C)c1. The highest BCUT2D eigenvalue weighted by Gasteiger charge is 2.15. The van der Waals surface area contributed by atoms with Gasteiger partial charge in [-0.2, -0.15) is 0 Å². The molecule has 0 aliphatic carbocycles. The predicted octanol–water partition coefficient (Wildman–Crippen LogP) is 4.48. The zero-order valence-corrected chi connectivity index (χ0v) is 13.1. The second-order valence-electron chi connectivity index (χ2n) is 5.47. The van der Waals surface area contributed by atoms with Crippen LogP contribution in [0.5, 0.6) is 5.75 Å². The first-order valence-electron chi connectivity index (χ1n) is 7.50. The number of hydrogen-bond acceptors (Lipinski definition) is 2. The monoisotopic (exact) mass is 263 g/mol. The van der Waals surface area contributed by atoms with Crippen molar-refractivity contribution in [3.63, 3.8) is 0 Å². The zero-order chi connectivity index (χ0) is 14.3. The van der Waals surface area contributed by atoms with Gasteiger partial charge in [0.15, 0.2) is 0 Å². The summed E-state index contributed by atoms with van der Waals surface area (Å²) in [7, 11) is 1.73. The molecule has 0 aliphatic heterocycles. The van der Waals surface area contributed by atoms with Gasteiger partial charge in [0.2, 0.25) is 0 Å². The highest BCUT2D eigenvalue weighted by molar-refractivity contribution is 5.37. The Labute approximate surface area is 118 Å². The molecule has 2 atom stereocenters. The fourth-order valence-corrected chi connectivity index (χ4v) is 2.72. The third kappa shape index (κ3) is 4.87. The van der Waals surface area contributed by atoms with Crippen LogP contribution in [0.15, 0.2) is 18.2 Å². The van der Waals surface area contributed by atoms with Crippen molar-refractivity contribution in [3.05, 3.63) is 29.3 Å². The number of nitrogens with one attached hydrogen (secondary N) is 1. The average molecular weight is 263 g/mol. The minimum Gasteiger partial charge on any atom is -0.496 e. The minimum absolute atomic E-state index is 0.455. The average Bonchev–Trinajstić information content (AvgIpc) is 2.38. The molecule has 0 spiro atoms. The van der Waals surface area contributed by atoms with Gasteiger partial charge in [0.05, 0.1) is 7.11 Å². The van der Waals surface area contributed by atoms with Crippen LogP contribution in [0, 0.1) is 12.8 Å². The lowest BCUT2D eigenvalue weighted by molar-refractivity contribution is 0.393. The summed E-state index contributed by atoms with van der Waals surface area (Å²) in [4.78, 5) is 0. The number of benzene rings is 1. The maximum atomic E-state index is 5.34. The summed E-state index contributed by atoms with van der Waals surface area (Å²) in [5.74, 6) is 1.73. The molecule has 0 bridgehead atoms. The van der Waals surface area contributed by atoms with Crippen LogP contribution in [0.2, 0.25) is 0 Å². The summed E-state index contributed by atoms with van der Waals surface area (Å²) in [5, 5.41) is 3.61. The van der Waals surface area contributed by atoms with Crippen molar-refractivity contribution in [1.82, 2.24) is 5.32 Å². The normalized spacial score (nSPS) is 14.2. The van der Waals surface area contributed by atoms with E-state index in [1.54, 1.807) is 7.11 Å². The first-order valence-corrected chi connectivity index (χ1v) is 7.50. The standard InChI is InChI=1S/C17H29NO/c1-6-8-13(3)11-16(18-7-2)15-9-10-17(19-5)14(4)12-15/h9-10,12-13,16,18H,6-8,11H2,1-5H3. The summed E-state index contributed by atoms with van der Waals surface area (Å²) in [5.41, 5.74) is 2.59. The Morgan fingerprint density at radius 2 is 2.00 bits per heavy atom. The minimum atomic E-state index is 0.455. The molecule has 1 aromatic carbocycles. The Hall–Kier alpha value is -1.02. The van der Waals surface area contributed by atoms with Crippen molar-refractivity contribution in [2.45, 2.75) is 53.0 Å². The highest BCUT2D eigenvalue weighted by atomic mass is 16.5. The summed E-state index contributed by atoms with van der Waals surface area (Å²) in [6, 6.07) is 6.98. The first kappa shape index (κ1) is 16.0. The number of hydrogen-bond donors (Lipinski definition) is 1. The lowest BCUT2D eigenvalue weighted by Gasteiger charge is -2.23. The number of aryl methyl sites for hydroxylation is 1. The van der Waals surface area contributed by atoms with Gasteiger partial charge in [-0.25, -0.2) is 0 Å². The molecule has 2 unspecified atom stereocenters. The lowest BCUT2D eigenvalue weighted by atomic mass is 9.92. The number of rotatable bonds is 8. The van der Waals surface area contributed by atoms with Crippen molar-refractivity contribution in [3.8, 4) is 5.75 Å². The lowest BCUT2D eigenvalue weighted by Crippen LogP contribution is -2.23. The van der Waals surface area contributed by atoms with Gasteiger partial charge in [-0.05, 0) is 43.0 Å². The predicted molar refractivity (Wildman–Crippen MR) is 82.8 cm³/mol. The number of methoxy groups -OCH3 is 1. The smallest absolute Gasteiger partial charge is 0.121 e. The van der Waals surface area contributed by atoms with E-state index in [1.165, 1.54) is 30.4 Å². The molecule has 1 aromatic rings. The maximum Gasteiger partial charge on any atom is 0.121 e. The molecule has 0 radical (unpaired) electrons. The topological polar surface area (TPSA) is 21.3 Å². The van der Waals surface area contributed by atoms with Gasteiger partial charge in [0.25, 0.3) is 0 Å². The third-order valence-corrected chi connectivity index (χ3v) is 3.69. The maximum absolute atomic E-state index is 5.34. The Bertz CT molecular complexity index is 376. The molecular weight excluding hydrogens is 234 g/mol. The Kier molecular flexibility index (Phi) is 6.93. The van der Waals surface area contributed by atoms with Crippen LogP contribution in [0.3, 0.4) is 0 Å². The second-order valence-corrected chi connectivity index (χ2v) is 5.47. The first-order chi connectivity index (χ1) is 9.12. The van der Waals surface area contributed by atoms with Crippen LogP contribution in [-0.4, -0.2) is 13.7 Å². The molecule has 2 heteroatoms. The van der Waals surface area contributed by atoms with Gasteiger partial charge in [0.1, 0.15) is 5.75 Å². The van der Waals surface area contributed by atoms with E-state index in [0.717, 1.165) is 18.2 Å². The van der Waals surface area contributed by atoms with Crippen LogP contribution >= 0.6 is 0 Å². The van der Waals surface area contributed by atoms with Crippen LogP contribution in [-0.2, 0) is 0 Å². The summed E-state index contributed by atoms with van der Waals surface area (Å²) >= 11 is 0. The van der Waals surface area contributed by atoms with E-state index in [4.69, 9.17) is 4.74 Å². The quantitative estimate of drug-likeness (QED) is 0.746. The molecule has 0 saturated carbocycles. The van der Waals surface area contributed by atoms with Gasteiger partial charge in [-0.3, -0.25) is 0 Å². The number of ether oxygens (including phenoxy) is 1. The zero-order valence-electron chi connectivity index (χ0n) is 13.1. The molecule has 2 nitrogen and oxygen atoms in total. The molecule has 1 N–H and O–H groups in total. The Morgan fingerprint density at radius 1 is 1.26 bits per heavy atom. The van der Waals surface area contributed by atoms with Crippen LogP contribution in [0.4, 0.5) is 0 Å². The van der Waals surface area contributed by atoms with Crippen molar-refractivity contribution in [2.75, 3.05) is 13.7 Å². The summed E-state index contributed by atoms with van der Waals surface area (Å²) in [6.07, 6.45) is 3.77. The molecule has 108 valence electrons. The van der Waals surface area contributed by atoms with Crippen molar-refractivity contribution >= 4 is 0 Å². The van der Waals surface area contributed by atoms with Crippen molar-refractivity contribution in [2.24, 2.45) is 5.92 Å².